The number of thioether (sulfide) groups is 1. The van der Waals surface area contributed by atoms with Crippen molar-refractivity contribution in [3.8, 4) is 5.82 Å². The van der Waals surface area contributed by atoms with E-state index in [1.807, 2.05) is 0 Å². The molecule has 2 aromatic heterocycles. The molecule has 0 fully saturated rings. The van der Waals surface area contributed by atoms with Crippen LogP contribution in [0.2, 0.25) is 5.15 Å². The molecule has 0 saturated carbocycles. The van der Waals surface area contributed by atoms with Gasteiger partial charge in [-0.1, -0.05) is 11.6 Å². The van der Waals surface area contributed by atoms with Crippen LogP contribution in [0.3, 0.4) is 0 Å². The minimum atomic E-state index is -0.512. The molecule has 0 saturated heterocycles. The van der Waals surface area contributed by atoms with Gasteiger partial charge in [0.2, 0.25) is 0 Å². The van der Waals surface area contributed by atoms with Crippen LogP contribution in [-0.4, -0.2) is 38.8 Å². The van der Waals surface area contributed by atoms with E-state index in [2.05, 4.69) is 15.3 Å². The van der Waals surface area contributed by atoms with Gasteiger partial charge in [-0.2, -0.15) is 9.78 Å². The summed E-state index contributed by atoms with van der Waals surface area (Å²) in [5, 5.41) is 12.6. The summed E-state index contributed by atoms with van der Waals surface area (Å²) in [5.74, 6) is 0.0182. The molecule has 9 heteroatoms. The van der Waals surface area contributed by atoms with E-state index in [1.54, 1.807) is 25.3 Å². The van der Waals surface area contributed by atoms with E-state index in [9.17, 15) is 4.79 Å². The van der Waals surface area contributed by atoms with Crippen LogP contribution in [0, 0.1) is 0 Å². The fraction of sp³-hybridized carbons (Fsp3) is 0.273. The number of hydrogen-bond donors (Lipinski definition) is 1. The van der Waals surface area contributed by atoms with Crippen LogP contribution < -0.4 is 5.73 Å². The summed E-state index contributed by atoms with van der Waals surface area (Å²) in [6.07, 6.45) is 1.79. The molecule has 0 atom stereocenters. The molecule has 0 amide bonds. The molecule has 20 heavy (non-hydrogen) atoms. The zero-order chi connectivity index (χ0) is 14.7. The first-order valence-corrected chi connectivity index (χ1v) is 7.28. The molecule has 2 heterocycles. The van der Waals surface area contributed by atoms with E-state index < -0.39 is 5.97 Å². The highest BCUT2D eigenvalue weighted by atomic mass is 35.5. The minimum absolute atomic E-state index is 0.157. The maximum atomic E-state index is 11.9. The van der Waals surface area contributed by atoms with E-state index in [0.717, 1.165) is 0 Å². The molecule has 0 radical (unpaired) electrons. The van der Waals surface area contributed by atoms with Crippen LogP contribution in [0.1, 0.15) is 17.3 Å². The van der Waals surface area contributed by atoms with Gasteiger partial charge in [0.05, 0.1) is 6.61 Å². The molecule has 0 aliphatic carbocycles. The Kier molecular flexibility index (Phi) is 4.46. The lowest BCUT2D eigenvalue weighted by molar-refractivity contribution is 0.0523. The first-order valence-electron chi connectivity index (χ1n) is 5.67. The molecule has 0 unspecified atom stereocenters. The molecule has 0 spiro atoms. The number of carbonyl (C=O) groups excluding carboxylic acids is 1. The Morgan fingerprint density at radius 2 is 2.25 bits per heavy atom. The van der Waals surface area contributed by atoms with Crippen molar-refractivity contribution in [1.82, 2.24) is 20.0 Å². The number of esters is 1. The molecule has 0 aromatic carbocycles. The van der Waals surface area contributed by atoms with Crippen LogP contribution in [0.15, 0.2) is 17.2 Å². The predicted octanol–water partition coefficient (Wildman–Crippen LogP) is 1.80. The van der Waals surface area contributed by atoms with E-state index in [1.165, 1.54) is 16.4 Å². The number of ether oxygens (including phenoxy) is 1. The Bertz CT molecular complexity index is 628. The molecule has 0 bridgehead atoms. The maximum Gasteiger partial charge on any atom is 0.344 e. The van der Waals surface area contributed by atoms with Crippen LogP contribution >= 0.6 is 23.4 Å². The Morgan fingerprint density at radius 1 is 1.50 bits per heavy atom. The highest BCUT2D eigenvalue weighted by Crippen LogP contribution is 2.27. The van der Waals surface area contributed by atoms with Gasteiger partial charge >= 0.3 is 5.97 Å². The van der Waals surface area contributed by atoms with Gasteiger partial charge < -0.3 is 10.5 Å². The first kappa shape index (κ1) is 14.6. The van der Waals surface area contributed by atoms with Gasteiger partial charge in [-0.05, 0) is 25.3 Å². The molecule has 2 rings (SSSR count). The van der Waals surface area contributed by atoms with Gasteiger partial charge in [0.25, 0.3) is 0 Å². The number of anilines is 1. The van der Waals surface area contributed by atoms with E-state index in [4.69, 9.17) is 22.1 Å². The number of nitrogens with two attached hydrogens (primary N) is 1. The van der Waals surface area contributed by atoms with Gasteiger partial charge in [0.1, 0.15) is 16.4 Å². The summed E-state index contributed by atoms with van der Waals surface area (Å²) in [7, 11) is 0. The van der Waals surface area contributed by atoms with Gasteiger partial charge in [-0.3, -0.25) is 0 Å². The van der Waals surface area contributed by atoms with Crippen molar-refractivity contribution >= 4 is 35.1 Å². The van der Waals surface area contributed by atoms with E-state index in [0.29, 0.717) is 10.8 Å². The Morgan fingerprint density at radius 3 is 2.80 bits per heavy atom. The molecule has 7 nitrogen and oxygen atoms in total. The maximum absolute atomic E-state index is 11.9. The third-order valence-corrected chi connectivity index (χ3v) is 3.27. The van der Waals surface area contributed by atoms with Crippen LogP contribution in [0.25, 0.3) is 5.82 Å². The predicted molar refractivity (Wildman–Crippen MR) is 76.3 cm³/mol. The fourth-order valence-electron chi connectivity index (χ4n) is 1.54. The van der Waals surface area contributed by atoms with Crippen molar-refractivity contribution in [2.24, 2.45) is 0 Å². The average Bonchev–Trinajstić information content (AvgIpc) is 2.77. The SMILES string of the molecule is CCOC(=O)c1c(SC)nn(-c2ccc(Cl)nn2)c1N. The van der Waals surface area contributed by atoms with Crippen LogP contribution in [-0.2, 0) is 4.74 Å². The van der Waals surface area contributed by atoms with Crippen molar-refractivity contribution in [3.63, 3.8) is 0 Å². The highest BCUT2D eigenvalue weighted by molar-refractivity contribution is 7.98. The normalized spacial score (nSPS) is 10.6. The van der Waals surface area contributed by atoms with Crippen LogP contribution in [0.4, 0.5) is 5.82 Å². The Labute approximate surface area is 124 Å². The lowest BCUT2D eigenvalue weighted by atomic mass is 10.3. The summed E-state index contributed by atoms with van der Waals surface area (Å²) in [5.41, 5.74) is 6.20. The largest absolute Gasteiger partial charge is 0.462 e. The Balaban J connectivity index is 2.50. The van der Waals surface area contributed by atoms with Crippen molar-refractivity contribution < 1.29 is 9.53 Å². The van der Waals surface area contributed by atoms with Crippen molar-refractivity contribution in [2.45, 2.75) is 11.9 Å². The first-order chi connectivity index (χ1) is 9.58. The number of nitrogen functional groups attached to an aromatic ring is 1. The molecular weight excluding hydrogens is 302 g/mol. The number of hydrogen-bond acceptors (Lipinski definition) is 7. The average molecular weight is 314 g/mol. The summed E-state index contributed by atoms with van der Waals surface area (Å²) >= 11 is 6.98. The fourth-order valence-corrected chi connectivity index (χ4v) is 2.20. The topological polar surface area (TPSA) is 95.9 Å². The molecule has 2 aromatic rings. The monoisotopic (exact) mass is 313 g/mol. The van der Waals surface area contributed by atoms with Gasteiger partial charge in [-0.25, -0.2) is 4.79 Å². The number of halogens is 1. The van der Waals surface area contributed by atoms with Crippen molar-refractivity contribution in [1.29, 1.82) is 0 Å². The molecule has 0 aliphatic rings. The molecular formula is C11H12ClN5O2S. The standard InChI is InChI=1S/C11H12ClN5O2S/c1-3-19-11(18)8-9(13)17(16-10(8)20-2)7-5-4-6(12)14-15-7/h4-5H,3,13H2,1-2H3. The lowest BCUT2D eigenvalue weighted by Crippen LogP contribution is -2.10. The van der Waals surface area contributed by atoms with E-state index >= 15 is 0 Å². The highest BCUT2D eigenvalue weighted by Gasteiger charge is 2.24. The van der Waals surface area contributed by atoms with Crippen molar-refractivity contribution in [2.75, 3.05) is 18.6 Å². The summed E-state index contributed by atoms with van der Waals surface area (Å²) in [6.45, 7) is 1.99. The summed E-state index contributed by atoms with van der Waals surface area (Å²) in [4.78, 5) is 11.9. The number of aromatic nitrogens is 4. The smallest absolute Gasteiger partial charge is 0.344 e. The minimum Gasteiger partial charge on any atom is -0.462 e. The second-order valence-electron chi connectivity index (χ2n) is 3.62. The second kappa shape index (κ2) is 6.10. The lowest BCUT2D eigenvalue weighted by Gasteiger charge is -2.03. The summed E-state index contributed by atoms with van der Waals surface area (Å²) in [6, 6.07) is 3.17. The van der Waals surface area contributed by atoms with Gasteiger partial charge in [0.15, 0.2) is 11.0 Å². The van der Waals surface area contributed by atoms with Gasteiger partial charge in [0, 0.05) is 0 Å². The molecule has 2 N–H and O–H groups in total. The number of carbonyl (C=O) groups is 1. The van der Waals surface area contributed by atoms with Crippen LogP contribution in [0.5, 0.6) is 0 Å². The zero-order valence-electron chi connectivity index (χ0n) is 10.8. The second-order valence-corrected chi connectivity index (χ2v) is 4.80. The number of rotatable bonds is 4. The third-order valence-electron chi connectivity index (χ3n) is 2.40. The molecule has 0 aliphatic heterocycles. The third kappa shape index (κ3) is 2.70. The summed E-state index contributed by atoms with van der Waals surface area (Å²) < 4.78 is 6.31. The van der Waals surface area contributed by atoms with Gasteiger partial charge in [-0.15, -0.1) is 22.0 Å². The number of nitrogens with zero attached hydrogens (tertiary/aromatic N) is 4. The van der Waals surface area contributed by atoms with E-state index in [-0.39, 0.29) is 23.1 Å². The quantitative estimate of drug-likeness (QED) is 0.679. The zero-order valence-corrected chi connectivity index (χ0v) is 12.4. The Hall–Kier alpha value is -1.80. The molecule has 106 valence electrons. The van der Waals surface area contributed by atoms with Crippen molar-refractivity contribution in [3.05, 3.63) is 22.8 Å².